The summed E-state index contributed by atoms with van der Waals surface area (Å²) in [4.78, 5) is 10.5. The highest BCUT2D eigenvalue weighted by Gasteiger charge is 2.31. The number of benzene rings is 1. The van der Waals surface area contributed by atoms with Crippen molar-refractivity contribution in [3.8, 4) is 11.5 Å². The fourth-order valence-electron chi connectivity index (χ4n) is 1.67. The van der Waals surface area contributed by atoms with Gasteiger partial charge >= 0.3 is 5.97 Å². The summed E-state index contributed by atoms with van der Waals surface area (Å²) in [6.45, 7) is 0. The maximum absolute atomic E-state index is 11.8. The molecule has 0 aliphatic rings. The van der Waals surface area contributed by atoms with Crippen molar-refractivity contribution in [3.05, 3.63) is 17.7 Å². The number of ether oxygens (including phenoxy) is 2. The number of methoxy groups -OCH3 is 2. The van der Waals surface area contributed by atoms with Crippen LogP contribution < -0.4 is 9.47 Å². The van der Waals surface area contributed by atoms with Crippen LogP contribution in [-0.4, -0.2) is 45.1 Å². The summed E-state index contributed by atoms with van der Waals surface area (Å²) >= 11 is 0. The summed E-state index contributed by atoms with van der Waals surface area (Å²) < 4.78 is 33.4. The Balaban J connectivity index is 3.77. The Morgan fingerprint density at radius 3 is 2.05 bits per heavy atom. The Labute approximate surface area is 110 Å². The van der Waals surface area contributed by atoms with E-state index in [1.807, 2.05) is 0 Å². The van der Waals surface area contributed by atoms with Gasteiger partial charge in [0.2, 0.25) is 0 Å². The van der Waals surface area contributed by atoms with E-state index in [-0.39, 0.29) is 17.1 Å². The van der Waals surface area contributed by atoms with E-state index < -0.39 is 26.8 Å². The first kappa shape index (κ1) is 15.3. The molecule has 1 rings (SSSR count). The minimum absolute atomic E-state index is 0.0453. The third-order valence-corrected chi connectivity index (χ3v) is 3.60. The van der Waals surface area contributed by atoms with Crippen LogP contribution in [0.2, 0.25) is 0 Å². The van der Waals surface area contributed by atoms with E-state index in [2.05, 4.69) is 0 Å². The number of carbonyl (C=O) groups is 1. The van der Waals surface area contributed by atoms with Gasteiger partial charge in [-0.05, 0) is 12.1 Å². The monoisotopic (exact) mass is 290 g/mol. The van der Waals surface area contributed by atoms with Crippen molar-refractivity contribution in [2.75, 3.05) is 20.5 Å². The van der Waals surface area contributed by atoms with Crippen molar-refractivity contribution in [1.82, 2.24) is 0 Å². The van der Waals surface area contributed by atoms with Gasteiger partial charge in [-0.25, -0.2) is 13.2 Å². The second-order valence-electron chi connectivity index (χ2n) is 3.73. The number of aliphatic hydroxyl groups excluding tert-OH is 1. The molecule has 0 bridgehead atoms. The van der Waals surface area contributed by atoms with Crippen molar-refractivity contribution in [1.29, 1.82) is 0 Å². The number of sulfone groups is 1. The number of aliphatic carboxylic acids is 1. The van der Waals surface area contributed by atoms with Gasteiger partial charge in [0.15, 0.2) is 15.9 Å². The molecule has 19 heavy (non-hydrogen) atoms. The van der Waals surface area contributed by atoms with E-state index >= 15 is 0 Å². The summed E-state index contributed by atoms with van der Waals surface area (Å²) in [5.74, 6) is -1.69. The molecule has 106 valence electrons. The van der Waals surface area contributed by atoms with Gasteiger partial charge in [-0.15, -0.1) is 0 Å². The van der Waals surface area contributed by atoms with Crippen LogP contribution in [0.15, 0.2) is 17.0 Å². The molecule has 1 atom stereocenters. The maximum Gasteiger partial charge on any atom is 0.337 e. The summed E-state index contributed by atoms with van der Waals surface area (Å²) in [6, 6.07) is 2.66. The van der Waals surface area contributed by atoms with Gasteiger partial charge in [-0.3, -0.25) is 0 Å². The second-order valence-corrected chi connectivity index (χ2v) is 5.68. The lowest BCUT2D eigenvalue weighted by atomic mass is 10.1. The Morgan fingerprint density at radius 2 is 1.68 bits per heavy atom. The SMILES string of the molecule is COc1ccc(OC)c(S(C)(=O)=O)c1C(O)C(=O)O. The molecule has 0 aliphatic heterocycles. The Bertz CT molecular complexity index is 591. The van der Waals surface area contributed by atoms with Crippen LogP contribution >= 0.6 is 0 Å². The third kappa shape index (κ3) is 2.96. The van der Waals surface area contributed by atoms with Crippen molar-refractivity contribution in [2.45, 2.75) is 11.0 Å². The number of carboxylic acids is 1. The van der Waals surface area contributed by atoms with E-state index in [4.69, 9.17) is 14.6 Å². The van der Waals surface area contributed by atoms with E-state index in [0.717, 1.165) is 6.26 Å². The van der Waals surface area contributed by atoms with Crippen LogP contribution in [-0.2, 0) is 14.6 Å². The van der Waals surface area contributed by atoms with E-state index in [1.165, 1.54) is 26.4 Å². The zero-order chi connectivity index (χ0) is 14.8. The quantitative estimate of drug-likeness (QED) is 0.798. The summed E-state index contributed by atoms with van der Waals surface area (Å²) in [7, 11) is -1.33. The fourth-order valence-corrected chi connectivity index (χ4v) is 2.79. The molecule has 2 N–H and O–H groups in total. The first-order valence-corrected chi connectivity index (χ1v) is 6.99. The molecule has 0 aliphatic carbocycles. The van der Waals surface area contributed by atoms with Crippen LogP contribution in [0.5, 0.6) is 11.5 Å². The molecule has 8 heteroatoms. The average Bonchev–Trinajstić information content (AvgIpc) is 2.34. The van der Waals surface area contributed by atoms with E-state index in [9.17, 15) is 18.3 Å². The first-order chi connectivity index (χ1) is 8.73. The largest absolute Gasteiger partial charge is 0.496 e. The van der Waals surface area contributed by atoms with Crippen LogP contribution in [0.25, 0.3) is 0 Å². The van der Waals surface area contributed by atoms with Crippen LogP contribution in [0.1, 0.15) is 11.7 Å². The smallest absolute Gasteiger partial charge is 0.337 e. The molecule has 0 saturated carbocycles. The highest BCUT2D eigenvalue weighted by molar-refractivity contribution is 7.90. The first-order valence-electron chi connectivity index (χ1n) is 5.09. The zero-order valence-corrected chi connectivity index (χ0v) is 11.4. The van der Waals surface area contributed by atoms with Gasteiger partial charge in [-0.2, -0.15) is 0 Å². The molecule has 0 amide bonds. The van der Waals surface area contributed by atoms with Crippen molar-refractivity contribution in [2.24, 2.45) is 0 Å². The van der Waals surface area contributed by atoms with Gasteiger partial charge in [0.05, 0.1) is 19.8 Å². The predicted octanol–water partition coefficient (Wildman–Crippen LogP) is 0.225. The van der Waals surface area contributed by atoms with Crippen molar-refractivity contribution >= 4 is 15.8 Å². The molecule has 7 nitrogen and oxygen atoms in total. The number of aliphatic hydroxyl groups is 1. The summed E-state index contributed by atoms with van der Waals surface area (Å²) in [5.41, 5.74) is -0.350. The molecular weight excluding hydrogens is 276 g/mol. The number of rotatable bonds is 5. The summed E-state index contributed by atoms with van der Waals surface area (Å²) in [5, 5.41) is 18.5. The van der Waals surface area contributed by atoms with Crippen LogP contribution in [0.3, 0.4) is 0 Å². The molecule has 0 radical (unpaired) electrons. The topological polar surface area (TPSA) is 110 Å². The van der Waals surface area contributed by atoms with E-state index in [1.54, 1.807) is 0 Å². The number of hydrogen-bond donors (Lipinski definition) is 2. The van der Waals surface area contributed by atoms with Crippen LogP contribution in [0.4, 0.5) is 0 Å². The average molecular weight is 290 g/mol. The molecule has 0 saturated heterocycles. The lowest BCUT2D eigenvalue weighted by molar-refractivity contribution is -0.147. The Hall–Kier alpha value is -1.80. The Kier molecular flexibility index (Phi) is 4.38. The van der Waals surface area contributed by atoms with Gasteiger partial charge in [0.1, 0.15) is 16.4 Å². The van der Waals surface area contributed by atoms with Gasteiger partial charge in [0.25, 0.3) is 0 Å². The van der Waals surface area contributed by atoms with Crippen molar-refractivity contribution < 1.29 is 32.9 Å². The lowest BCUT2D eigenvalue weighted by Crippen LogP contribution is -2.16. The lowest BCUT2D eigenvalue weighted by Gasteiger charge is -2.17. The number of hydrogen-bond acceptors (Lipinski definition) is 6. The Morgan fingerprint density at radius 1 is 1.21 bits per heavy atom. The molecule has 1 unspecified atom stereocenters. The van der Waals surface area contributed by atoms with Gasteiger partial charge in [0, 0.05) is 6.26 Å². The second kappa shape index (κ2) is 5.45. The zero-order valence-electron chi connectivity index (χ0n) is 10.6. The van der Waals surface area contributed by atoms with Crippen molar-refractivity contribution in [3.63, 3.8) is 0 Å². The molecular formula is C11H14O7S. The molecule has 0 spiro atoms. The molecule has 0 aromatic heterocycles. The third-order valence-electron chi connectivity index (χ3n) is 2.44. The maximum atomic E-state index is 11.8. The minimum Gasteiger partial charge on any atom is -0.496 e. The fraction of sp³-hybridized carbons (Fsp3) is 0.364. The van der Waals surface area contributed by atoms with Gasteiger partial charge < -0.3 is 19.7 Å². The highest BCUT2D eigenvalue weighted by atomic mass is 32.2. The normalized spacial score (nSPS) is 12.8. The number of carboxylic acid groups (broad SMARTS) is 1. The molecule has 1 aromatic carbocycles. The molecule has 0 fully saturated rings. The minimum atomic E-state index is -3.82. The van der Waals surface area contributed by atoms with Crippen LogP contribution in [0, 0.1) is 0 Å². The molecule has 1 aromatic rings. The van der Waals surface area contributed by atoms with E-state index in [0.29, 0.717) is 0 Å². The summed E-state index contributed by atoms with van der Waals surface area (Å²) in [6.07, 6.45) is -1.14. The predicted molar refractivity (Wildman–Crippen MR) is 65.3 cm³/mol. The molecule has 0 heterocycles. The highest BCUT2D eigenvalue weighted by Crippen LogP contribution is 2.38. The van der Waals surface area contributed by atoms with Gasteiger partial charge in [-0.1, -0.05) is 0 Å². The standard InChI is InChI=1S/C11H14O7S/c1-17-6-4-5-7(18-2)10(19(3,15)16)8(6)9(12)11(13)14/h4-5,9,12H,1-3H3,(H,13,14).